The maximum Gasteiger partial charge on any atom is 0.328 e. The molecule has 2 amide bonds. The van der Waals surface area contributed by atoms with Gasteiger partial charge < -0.3 is 20.1 Å². The van der Waals surface area contributed by atoms with Crippen molar-refractivity contribution in [3.63, 3.8) is 0 Å². The molecule has 0 aliphatic carbocycles. The summed E-state index contributed by atoms with van der Waals surface area (Å²) in [6, 6.07) is -1.57. The summed E-state index contributed by atoms with van der Waals surface area (Å²) in [5.74, 6) is -1.05. The molecule has 0 aromatic heterocycles. The molecule has 0 aromatic rings. The average molecular weight is 429 g/mol. The number of carbonyl (C=O) groups is 4. The van der Waals surface area contributed by atoms with Crippen LogP contribution in [-0.4, -0.2) is 70.0 Å². The summed E-state index contributed by atoms with van der Waals surface area (Å²) >= 11 is 1.13. The Bertz CT molecular complexity index is 614. The molecule has 2 fully saturated rings. The summed E-state index contributed by atoms with van der Waals surface area (Å²) in [6.07, 6.45) is 4.16. The van der Waals surface area contributed by atoms with Crippen LogP contribution in [-0.2, 0) is 23.9 Å². The quantitative estimate of drug-likeness (QED) is 0.634. The van der Waals surface area contributed by atoms with E-state index in [2.05, 4.69) is 5.32 Å². The molecule has 9 heteroatoms. The van der Waals surface area contributed by atoms with Gasteiger partial charge in [0.2, 0.25) is 11.8 Å². The zero-order valence-corrected chi connectivity index (χ0v) is 18.0. The highest BCUT2D eigenvalue weighted by Crippen LogP contribution is 2.24. The third kappa shape index (κ3) is 6.99. The van der Waals surface area contributed by atoms with Gasteiger partial charge in [-0.25, -0.2) is 4.79 Å². The number of carbonyl (C=O) groups excluding carboxylic acids is 4. The molecule has 2 heterocycles. The lowest BCUT2D eigenvalue weighted by atomic mass is 9.97. The number of amides is 2. The molecule has 0 aromatic carbocycles. The van der Waals surface area contributed by atoms with E-state index in [0.717, 1.165) is 37.4 Å². The van der Waals surface area contributed by atoms with Gasteiger partial charge >= 0.3 is 5.97 Å². The molecule has 0 saturated carbocycles. The lowest BCUT2D eigenvalue weighted by Crippen LogP contribution is -2.53. The number of aliphatic hydroxyl groups excluding tert-OH is 1. The number of esters is 1. The zero-order valence-electron chi connectivity index (χ0n) is 17.2. The molecule has 3 unspecified atom stereocenters. The van der Waals surface area contributed by atoms with Crippen molar-refractivity contribution in [2.75, 3.05) is 18.9 Å². The van der Waals surface area contributed by atoms with E-state index >= 15 is 0 Å². The predicted octanol–water partition coefficient (Wildman–Crippen LogP) is 1.25. The first-order chi connectivity index (χ1) is 13.8. The maximum atomic E-state index is 13.2. The molecule has 0 spiro atoms. The Morgan fingerprint density at radius 1 is 1.21 bits per heavy atom. The van der Waals surface area contributed by atoms with Gasteiger partial charge in [0.15, 0.2) is 5.12 Å². The summed E-state index contributed by atoms with van der Waals surface area (Å²) in [5, 5.41) is 12.8. The molecule has 4 atom stereocenters. The van der Waals surface area contributed by atoms with Crippen molar-refractivity contribution in [3.05, 3.63) is 0 Å². The van der Waals surface area contributed by atoms with Crippen LogP contribution in [0.2, 0.25) is 0 Å². The van der Waals surface area contributed by atoms with Gasteiger partial charge in [-0.05, 0) is 19.8 Å². The van der Waals surface area contributed by atoms with Gasteiger partial charge in [0.25, 0.3) is 0 Å². The molecule has 164 valence electrons. The Kier molecular flexibility index (Phi) is 9.42. The molecular weight excluding hydrogens is 396 g/mol. The van der Waals surface area contributed by atoms with Crippen LogP contribution in [0.5, 0.6) is 0 Å². The van der Waals surface area contributed by atoms with Gasteiger partial charge in [-0.2, -0.15) is 0 Å². The SMILES string of the molecule is CCOC(=O)[C@@H]1CC(O)CN1C(=O)C1CCCCCCC(CSC(C)=O)C(=O)N1. The second-order valence-corrected chi connectivity index (χ2v) is 8.90. The molecule has 29 heavy (non-hydrogen) atoms. The first-order valence-corrected chi connectivity index (χ1v) is 11.4. The molecular formula is C20H32N2O6S. The minimum Gasteiger partial charge on any atom is -0.464 e. The number of hydrogen-bond donors (Lipinski definition) is 2. The monoisotopic (exact) mass is 428 g/mol. The van der Waals surface area contributed by atoms with Crippen LogP contribution >= 0.6 is 11.8 Å². The first kappa shape index (κ1) is 23.7. The normalized spacial score (nSPS) is 28.5. The Hall–Kier alpha value is -1.61. The number of aliphatic hydroxyl groups is 1. The minimum atomic E-state index is -0.825. The standard InChI is InChI=1S/C20H32N2O6S/c1-3-28-20(27)17-10-15(24)11-22(17)19(26)16-9-7-5-4-6-8-14(18(25)21-16)12-29-13(2)23/h14-17,24H,3-12H2,1-2H3,(H,21,25)/t14?,15?,16?,17-/m0/s1. The van der Waals surface area contributed by atoms with Crippen LogP contribution in [0.1, 0.15) is 58.8 Å². The van der Waals surface area contributed by atoms with Gasteiger partial charge in [-0.15, -0.1) is 0 Å². The number of likely N-dealkylation sites (tertiary alicyclic amines) is 1. The number of ether oxygens (including phenoxy) is 1. The number of nitrogens with one attached hydrogen (secondary N) is 1. The maximum absolute atomic E-state index is 13.2. The van der Waals surface area contributed by atoms with Crippen LogP contribution in [0.3, 0.4) is 0 Å². The Labute approximate surface area is 176 Å². The van der Waals surface area contributed by atoms with Crippen LogP contribution < -0.4 is 5.32 Å². The van der Waals surface area contributed by atoms with Crippen molar-refractivity contribution in [3.8, 4) is 0 Å². The summed E-state index contributed by atoms with van der Waals surface area (Å²) < 4.78 is 5.05. The highest BCUT2D eigenvalue weighted by atomic mass is 32.2. The molecule has 2 saturated heterocycles. The Morgan fingerprint density at radius 2 is 1.90 bits per heavy atom. The third-order valence-electron chi connectivity index (χ3n) is 5.39. The van der Waals surface area contributed by atoms with E-state index < -0.39 is 24.2 Å². The molecule has 2 aliphatic heterocycles. The molecule has 2 N–H and O–H groups in total. The van der Waals surface area contributed by atoms with E-state index in [1.807, 2.05) is 0 Å². The zero-order chi connectivity index (χ0) is 21.4. The smallest absolute Gasteiger partial charge is 0.328 e. The second-order valence-electron chi connectivity index (χ2n) is 7.70. The summed E-state index contributed by atoms with van der Waals surface area (Å²) in [7, 11) is 0. The van der Waals surface area contributed by atoms with Crippen molar-refractivity contribution in [1.29, 1.82) is 0 Å². The Balaban J connectivity index is 2.11. The van der Waals surface area contributed by atoms with Crippen LogP contribution in [0.4, 0.5) is 0 Å². The summed E-state index contributed by atoms with van der Waals surface area (Å²) in [6.45, 7) is 3.42. The van der Waals surface area contributed by atoms with Gasteiger partial charge in [-0.3, -0.25) is 14.4 Å². The molecule has 8 nitrogen and oxygen atoms in total. The van der Waals surface area contributed by atoms with Gasteiger partial charge in [0.05, 0.1) is 12.7 Å². The Morgan fingerprint density at radius 3 is 2.55 bits per heavy atom. The van der Waals surface area contributed by atoms with Crippen molar-refractivity contribution in [2.45, 2.75) is 77.0 Å². The van der Waals surface area contributed by atoms with Crippen molar-refractivity contribution in [2.24, 2.45) is 5.92 Å². The summed E-state index contributed by atoms with van der Waals surface area (Å²) in [5.41, 5.74) is 0. The van der Waals surface area contributed by atoms with E-state index in [-0.39, 0.29) is 42.4 Å². The highest BCUT2D eigenvalue weighted by Gasteiger charge is 2.42. The van der Waals surface area contributed by atoms with Crippen LogP contribution in [0.25, 0.3) is 0 Å². The molecule has 2 aliphatic rings. The number of nitrogens with zero attached hydrogens (tertiary/aromatic N) is 1. The van der Waals surface area contributed by atoms with Gasteiger partial charge in [-0.1, -0.05) is 37.4 Å². The van der Waals surface area contributed by atoms with E-state index in [4.69, 9.17) is 4.74 Å². The average Bonchev–Trinajstić information content (AvgIpc) is 3.07. The lowest BCUT2D eigenvalue weighted by molar-refractivity contribution is -0.153. The van der Waals surface area contributed by atoms with Crippen LogP contribution in [0, 0.1) is 5.92 Å². The second kappa shape index (κ2) is 11.5. The molecule has 0 bridgehead atoms. The van der Waals surface area contributed by atoms with Gasteiger partial charge in [0, 0.05) is 31.6 Å². The number of thioether (sulfide) groups is 1. The van der Waals surface area contributed by atoms with Gasteiger partial charge in [0.1, 0.15) is 12.1 Å². The number of β-amino-alcohol motifs (C(OH)–C–C–N with tert-alkyl or cyclic N) is 1. The van der Waals surface area contributed by atoms with E-state index in [1.165, 1.54) is 11.8 Å². The predicted molar refractivity (Wildman–Crippen MR) is 109 cm³/mol. The van der Waals surface area contributed by atoms with Crippen LogP contribution in [0.15, 0.2) is 0 Å². The fourth-order valence-electron chi connectivity index (χ4n) is 3.87. The third-order valence-corrected chi connectivity index (χ3v) is 6.36. The topological polar surface area (TPSA) is 113 Å². The number of hydrogen-bond acceptors (Lipinski definition) is 7. The van der Waals surface area contributed by atoms with E-state index in [1.54, 1.807) is 6.92 Å². The lowest BCUT2D eigenvalue weighted by Gasteiger charge is -2.29. The highest BCUT2D eigenvalue weighted by molar-refractivity contribution is 8.13. The molecule has 2 rings (SSSR count). The fraction of sp³-hybridized carbons (Fsp3) is 0.800. The van der Waals surface area contributed by atoms with Crippen molar-refractivity contribution >= 4 is 34.7 Å². The molecule has 0 radical (unpaired) electrons. The van der Waals surface area contributed by atoms with Crippen molar-refractivity contribution < 1.29 is 29.0 Å². The van der Waals surface area contributed by atoms with E-state index in [0.29, 0.717) is 18.6 Å². The number of rotatable bonds is 5. The summed E-state index contributed by atoms with van der Waals surface area (Å²) in [4.78, 5) is 50.9. The minimum absolute atomic E-state index is 0.0362. The largest absolute Gasteiger partial charge is 0.464 e. The fourth-order valence-corrected chi connectivity index (χ4v) is 4.62. The van der Waals surface area contributed by atoms with Crippen molar-refractivity contribution in [1.82, 2.24) is 10.2 Å². The van der Waals surface area contributed by atoms with E-state index in [9.17, 15) is 24.3 Å². The first-order valence-electron chi connectivity index (χ1n) is 10.4.